The molecule has 0 unspecified atom stereocenters. The monoisotopic (exact) mass is 292 g/mol. The van der Waals surface area contributed by atoms with Crippen molar-refractivity contribution in [2.75, 3.05) is 0 Å². The number of halogens is 1. The van der Waals surface area contributed by atoms with Gasteiger partial charge in [-0.3, -0.25) is 4.68 Å². The second-order valence-corrected chi connectivity index (χ2v) is 4.26. The van der Waals surface area contributed by atoms with Crippen LogP contribution in [0.15, 0.2) is 29.0 Å². The third-order valence-electron chi connectivity index (χ3n) is 2.22. The smallest absolute Gasteiger partial charge is 0.164 e. The lowest BCUT2D eigenvalue weighted by Gasteiger charge is -2.07. The molecule has 2 rings (SSSR count). The molecule has 2 aromatic rings. The van der Waals surface area contributed by atoms with Gasteiger partial charge in [-0.15, -0.1) is 0 Å². The minimum atomic E-state index is 0.285. The first-order chi connectivity index (χ1) is 8.20. The molecule has 5 nitrogen and oxygen atoms in total. The maximum Gasteiger partial charge on any atom is 0.164 e. The third kappa shape index (κ3) is 2.63. The van der Waals surface area contributed by atoms with Crippen LogP contribution in [0.2, 0.25) is 0 Å². The number of ether oxygens (including phenoxy) is 1. The first kappa shape index (κ1) is 11.6. The molecular weight excluding hydrogens is 284 g/mol. The highest BCUT2D eigenvalue weighted by Crippen LogP contribution is 2.22. The summed E-state index contributed by atoms with van der Waals surface area (Å²) in [5.41, 5.74) is 0.488. The molecule has 0 bridgehead atoms. The highest BCUT2D eigenvalue weighted by atomic mass is 79.9. The first-order valence-electron chi connectivity index (χ1n) is 4.86. The van der Waals surface area contributed by atoms with Crippen molar-refractivity contribution >= 4 is 15.9 Å². The standard InChI is InChI=1S/C11H9BrN4O/c1-16-11(14-7-15-16)6-17-10-3-2-9(12)4-8(10)5-13/h2-4,7H,6H2,1H3. The zero-order valence-corrected chi connectivity index (χ0v) is 10.7. The van der Waals surface area contributed by atoms with Crippen LogP contribution in [0.3, 0.4) is 0 Å². The molecule has 0 saturated heterocycles. The van der Waals surface area contributed by atoms with Crippen molar-refractivity contribution < 1.29 is 4.74 Å². The van der Waals surface area contributed by atoms with E-state index < -0.39 is 0 Å². The van der Waals surface area contributed by atoms with Gasteiger partial charge in [-0.2, -0.15) is 10.4 Å². The Balaban J connectivity index is 2.15. The molecule has 6 heteroatoms. The molecule has 0 aliphatic rings. The van der Waals surface area contributed by atoms with Crippen molar-refractivity contribution in [1.29, 1.82) is 5.26 Å². The summed E-state index contributed by atoms with van der Waals surface area (Å²) < 4.78 is 8.02. The van der Waals surface area contributed by atoms with Crippen LogP contribution in [0, 0.1) is 11.3 Å². The van der Waals surface area contributed by atoms with Gasteiger partial charge in [0, 0.05) is 11.5 Å². The van der Waals surface area contributed by atoms with E-state index in [1.165, 1.54) is 6.33 Å². The number of aryl methyl sites for hydroxylation is 1. The molecule has 1 heterocycles. The molecule has 0 fully saturated rings. The highest BCUT2D eigenvalue weighted by molar-refractivity contribution is 9.10. The SMILES string of the molecule is Cn1ncnc1COc1ccc(Br)cc1C#N. The van der Waals surface area contributed by atoms with Crippen molar-refractivity contribution in [3.8, 4) is 11.8 Å². The van der Waals surface area contributed by atoms with Crippen molar-refractivity contribution in [2.24, 2.45) is 7.05 Å². The van der Waals surface area contributed by atoms with Crippen LogP contribution in [0.4, 0.5) is 0 Å². The number of benzene rings is 1. The van der Waals surface area contributed by atoms with Gasteiger partial charge >= 0.3 is 0 Å². The zero-order chi connectivity index (χ0) is 12.3. The van der Waals surface area contributed by atoms with Crippen LogP contribution in [-0.2, 0) is 13.7 Å². The number of nitriles is 1. The maximum atomic E-state index is 8.97. The van der Waals surface area contributed by atoms with Gasteiger partial charge in [-0.1, -0.05) is 15.9 Å². The number of nitrogens with zero attached hydrogens (tertiary/aromatic N) is 4. The minimum absolute atomic E-state index is 0.285. The lowest BCUT2D eigenvalue weighted by Crippen LogP contribution is -2.05. The largest absolute Gasteiger partial charge is 0.484 e. The van der Waals surface area contributed by atoms with E-state index >= 15 is 0 Å². The Bertz CT molecular complexity index is 573. The Hall–Kier alpha value is -1.87. The summed E-state index contributed by atoms with van der Waals surface area (Å²) in [4.78, 5) is 4.04. The molecule has 0 amide bonds. The van der Waals surface area contributed by atoms with Crippen molar-refractivity contribution in [1.82, 2.24) is 14.8 Å². The fourth-order valence-corrected chi connectivity index (χ4v) is 1.67. The van der Waals surface area contributed by atoms with Crippen molar-refractivity contribution in [2.45, 2.75) is 6.61 Å². The van der Waals surface area contributed by atoms with Gasteiger partial charge in [0.1, 0.15) is 24.8 Å². The molecule has 17 heavy (non-hydrogen) atoms. The Morgan fingerprint density at radius 2 is 2.35 bits per heavy atom. The summed E-state index contributed by atoms with van der Waals surface area (Å²) in [7, 11) is 1.79. The van der Waals surface area contributed by atoms with Crippen LogP contribution in [0.5, 0.6) is 5.75 Å². The second kappa shape index (κ2) is 4.97. The van der Waals surface area contributed by atoms with Gasteiger partial charge in [0.05, 0.1) is 5.56 Å². The molecule has 0 radical (unpaired) electrons. The average molecular weight is 293 g/mol. The molecule has 1 aromatic carbocycles. The first-order valence-corrected chi connectivity index (χ1v) is 5.65. The van der Waals surface area contributed by atoms with E-state index in [0.717, 1.165) is 4.47 Å². The zero-order valence-electron chi connectivity index (χ0n) is 9.09. The quantitative estimate of drug-likeness (QED) is 0.868. The number of hydrogen-bond acceptors (Lipinski definition) is 4. The number of aromatic nitrogens is 3. The van der Waals surface area contributed by atoms with Gasteiger partial charge in [0.2, 0.25) is 0 Å². The van der Waals surface area contributed by atoms with Gasteiger partial charge in [0.25, 0.3) is 0 Å². The second-order valence-electron chi connectivity index (χ2n) is 3.34. The lowest BCUT2D eigenvalue weighted by molar-refractivity contribution is 0.289. The molecule has 0 aliphatic heterocycles. The third-order valence-corrected chi connectivity index (χ3v) is 2.72. The van der Waals surface area contributed by atoms with Gasteiger partial charge in [0.15, 0.2) is 5.82 Å². The Labute approximate surface area is 107 Å². The van der Waals surface area contributed by atoms with E-state index in [1.54, 1.807) is 23.9 Å². The minimum Gasteiger partial charge on any atom is -0.484 e. The van der Waals surface area contributed by atoms with E-state index in [-0.39, 0.29) is 6.61 Å². The normalized spacial score (nSPS) is 9.94. The van der Waals surface area contributed by atoms with Gasteiger partial charge < -0.3 is 4.74 Å². The summed E-state index contributed by atoms with van der Waals surface area (Å²) in [5, 5.41) is 12.9. The predicted molar refractivity (Wildman–Crippen MR) is 64.2 cm³/mol. The molecule has 0 atom stereocenters. The number of hydrogen-bond donors (Lipinski definition) is 0. The summed E-state index contributed by atoms with van der Waals surface area (Å²) in [6, 6.07) is 7.37. The topological polar surface area (TPSA) is 63.7 Å². The molecule has 1 aromatic heterocycles. The van der Waals surface area contributed by atoms with Crippen LogP contribution >= 0.6 is 15.9 Å². The Kier molecular flexibility index (Phi) is 3.40. The van der Waals surface area contributed by atoms with Crippen LogP contribution in [-0.4, -0.2) is 14.8 Å². The van der Waals surface area contributed by atoms with Gasteiger partial charge in [-0.05, 0) is 18.2 Å². The lowest BCUT2D eigenvalue weighted by atomic mass is 10.2. The predicted octanol–water partition coefficient (Wildman–Crippen LogP) is 2.03. The van der Waals surface area contributed by atoms with E-state index in [4.69, 9.17) is 10.00 Å². The summed E-state index contributed by atoms with van der Waals surface area (Å²) in [6.07, 6.45) is 1.46. The van der Waals surface area contributed by atoms with E-state index in [0.29, 0.717) is 17.1 Å². The van der Waals surface area contributed by atoms with Crippen LogP contribution in [0.25, 0.3) is 0 Å². The molecule has 86 valence electrons. The summed E-state index contributed by atoms with van der Waals surface area (Å²) in [6.45, 7) is 0.285. The fraction of sp³-hybridized carbons (Fsp3) is 0.182. The van der Waals surface area contributed by atoms with Crippen LogP contribution < -0.4 is 4.74 Å². The molecule has 0 aliphatic carbocycles. The van der Waals surface area contributed by atoms with E-state index in [1.807, 2.05) is 6.07 Å². The summed E-state index contributed by atoms with van der Waals surface area (Å²) >= 11 is 3.31. The Morgan fingerprint density at radius 1 is 1.53 bits per heavy atom. The van der Waals surface area contributed by atoms with E-state index in [9.17, 15) is 0 Å². The Morgan fingerprint density at radius 3 is 3.00 bits per heavy atom. The summed E-state index contributed by atoms with van der Waals surface area (Å²) in [5.74, 6) is 1.25. The molecule has 0 saturated carbocycles. The average Bonchev–Trinajstić information content (AvgIpc) is 2.73. The maximum absolute atomic E-state index is 8.97. The molecule has 0 N–H and O–H groups in total. The van der Waals surface area contributed by atoms with Crippen molar-refractivity contribution in [3.63, 3.8) is 0 Å². The van der Waals surface area contributed by atoms with E-state index in [2.05, 4.69) is 32.1 Å². The van der Waals surface area contributed by atoms with Gasteiger partial charge in [-0.25, -0.2) is 4.98 Å². The van der Waals surface area contributed by atoms with Crippen molar-refractivity contribution in [3.05, 3.63) is 40.4 Å². The number of rotatable bonds is 3. The highest BCUT2D eigenvalue weighted by Gasteiger charge is 2.06. The molecular formula is C11H9BrN4O. The molecule has 0 spiro atoms. The fourth-order valence-electron chi connectivity index (χ4n) is 1.31. The van der Waals surface area contributed by atoms with Crippen LogP contribution in [0.1, 0.15) is 11.4 Å².